The molecule has 6 nitrogen and oxygen atoms in total. The second kappa shape index (κ2) is 6.82. The van der Waals surface area contributed by atoms with Crippen molar-refractivity contribution in [1.29, 1.82) is 0 Å². The van der Waals surface area contributed by atoms with Gasteiger partial charge in [-0.1, -0.05) is 18.2 Å². The maximum absolute atomic E-state index is 13.1. The molecular formula is C21H19N5OS2. The van der Waals surface area contributed by atoms with Crippen molar-refractivity contribution in [3.63, 3.8) is 0 Å². The number of carbonyl (C=O) groups excluding carboxylic acids is 1. The molecule has 0 N–H and O–H groups in total. The van der Waals surface area contributed by atoms with Crippen molar-refractivity contribution >= 4 is 43.9 Å². The van der Waals surface area contributed by atoms with Crippen molar-refractivity contribution in [2.45, 2.75) is 20.4 Å². The number of thiazole rings is 1. The number of hydrogen-bond acceptors (Lipinski definition) is 5. The Labute approximate surface area is 175 Å². The molecule has 0 unspecified atom stereocenters. The van der Waals surface area contributed by atoms with E-state index in [1.165, 1.54) is 11.3 Å². The zero-order valence-electron chi connectivity index (χ0n) is 16.3. The van der Waals surface area contributed by atoms with E-state index in [1.807, 2.05) is 78.0 Å². The van der Waals surface area contributed by atoms with Gasteiger partial charge in [0.05, 0.1) is 21.8 Å². The summed E-state index contributed by atoms with van der Waals surface area (Å²) in [5.74, 6) is 0.00300. The molecule has 4 heterocycles. The molecule has 0 aliphatic heterocycles. The minimum Gasteiger partial charge on any atom is -0.337 e. The predicted octanol–water partition coefficient (Wildman–Crippen LogP) is 4.69. The highest BCUT2D eigenvalue weighted by Gasteiger charge is 2.21. The maximum Gasteiger partial charge on any atom is 0.264 e. The van der Waals surface area contributed by atoms with Crippen molar-refractivity contribution in [3.8, 4) is 5.69 Å². The fourth-order valence-corrected chi connectivity index (χ4v) is 5.37. The number of benzene rings is 1. The van der Waals surface area contributed by atoms with Gasteiger partial charge in [0.1, 0.15) is 4.83 Å². The van der Waals surface area contributed by atoms with Gasteiger partial charge in [0, 0.05) is 36.4 Å². The molecule has 0 saturated carbocycles. The van der Waals surface area contributed by atoms with Crippen molar-refractivity contribution in [3.05, 3.63) is 69.8 Å². The molecule has 1 amide bonds. The van der Waals surface area contributed by atoms with Crippen LogP contribution in [0.2, 0.25) is 0 Å². The van der Waals surface area contributed by atoms with E-state index in [-0.39, 0.29) is 5.91 Å². The summed E-state index contributed by atoms with van der Waals surface area (Å²) in [5.41, 5.74) is 5.08. The van der Waals surface area contributed by atoms with Gasteiger partial charge in [0.15, 0.2) is 4.96 Å². The number of carbonyl (C=O) groups is 1. The standard InChI is InChI=1S/C21H19N5OS2/c1-13-16(14(2)26(23-13)15-7-5-4-6-8-15)12-24(3)20(27)18-11-17-19(29-18)22-21-25(17)9-10-28-21/h4-11H,12H2,1-3H3. The molecule has 1 aromatic carbocycles. The van der Waals surface area contributed by atoms with Crippen LogP contribution >= 0.6 is 22.7 Å². The summed E-state index contributed by atoms with van der Waals surface area (Å²) in [6.45, 7) is 4.56. The number of para-hydroxylation sites is 1. The number of imidazole rings is 1. The Morgan fingerprint density at radius 2 is 2.00 bits per heavy atom. The summed E-state index contributed by atoms with van der Waals surface area (Å²) in [5, 5.41) is 6.69. The first kappa shape index (κ1) is 18.1. The SMILES string of the molecule is Cc1nn(-c2ccccc2)c(C)c1CN(C)C(=O)c1cc2c(nc3sccn32)s1. The van der Waals surface area contributed by atoms with Crippen LogP contribution in [0, 0.1) is 13.8 Å². The number of thiophene rings is 1. The fourth-order valence-electron chi connectivity index (χ4n) is 3.57. The van der Waals surface area contributed by atoms with Gasteiger partial charge in [-0.3, -0.25) is 9.20 Å². The molecule has 0 aliphatic rings. The molecule has 5 aromatic rings. The number of nitrogens with zero attached hydrogens (tertiary/aromatic N) is 5. The number of hydrogen-bond donors (Lipinski definition) is 0. The van der Waals surface area contributed by atoms with Crippen LogP contribution in [0.5, 0.6) is 0 Å². The lowest BCUT2D eigenvalue weighted by molar-refractivity contribution is 0.0789. The normalized spacial score (nSPS) is 11.6. The molecule has 0 saturated heterocycles. The van der Waals surface area contributed by atoms with E-state index in [0.717, 1.165) is 37.9 Å². The summed E-state index contributed by atoms with van der Waals surface area (Å²) < 4.78 is 3.97. The molecule has 0 radical (unpaired) electrons. The average molecular weight is 422 g/mol. The molecule has 8 heteroatoms. The van der Waals surface area contributed by atoms with Gasteiger partial charge in [-0.25, -0.2) is 9.67 Å². The lowest BCUT2D eigenvalue weighted by Gasteiger charge is -2.16. The average Bonchev–Trinajstić information content (AvgIpc) is 3.46. The van der Waals surface area contributed by atoms with Gasteiger partial charge < -0.3 is 4.90 Å². The highest BCUT2D eigenvalue weighted by molar-refractivity contribution is 7.21. The van der Waals surface area contributed by atoms with E-state index >= 15 is 0 Å². The number of rotatable bonds is 4. The van der Waals surface area contributed by atoms with Crippen LogP contribution in [0.3, 0.4) is 0 Å². The highest BCUT2D eigenvalue weighted by Crippen LogP contribution is 2.29. The van der Waals surface area contributed by atoms with Gasteiger partial charge in [-0.15, -0.1) is 22.7 Å². The number of fused-ring (bicyclic) bond motifs is 3. The fraction of sp³-hybridized carbons (Fsp3) is 0.190. The Morgan fingerprint density at radius 3 is 2.79 bits per heavy atom. The lowest BCUT2D eigenvalue weighted by atomic mass is 10.2. The predicted molar refractivity (Wildman–Crippen MR) is 117 cm³/mol. The van der Waals surface area contributed by atoms with Gasteiger partial charge in [0.2, 0.25) is 0 Å². The summed E-state index contributed by atoms with van der Waals surface area (Å²) >= 11 is 3.05. The third kappa shape index (κ3) is 2.95. The lowest BCUT2D eigenvalue weighted by Crippen LogP contribution is -2.26. The first-order chi connectivity index (χ1) is 14.0. The van der Waals surface area contributed by atoms with Crippen LogP contribution in [0.1, 0.15) is 26.6 Å². The topological polar surface area (TPSA) is 55.4 Å². The molecule has 0 spiro atoms. The van der Waals surface area contributed by atoms with E-state index < -0.39 is 0 Å². The molecule has 0 aliphatic carbocycles. The van der Waals surface area contributed by atoms with E-state index in [4.69, 9.17) is 0 Å². The van der Waals surface area contributed by atoms with E-state index in [9.17, 15) is 4.79 Å². The minimum atomic E-state index is 0.00300. The van der Waals surface area contributed by atoms with Crippen molar-refractivity contribution in [2.75, 3.05) is 7.05 Å². The quantitative estimate of drug-likeness (QED) is 0.423. The summed E-state index contributed by atoms with van der Waals surface area (Å²) in [6.07, 6.45) is 1.99. The first-order valence-electron chi connectivity index (χ1n) is 9.24. The van der Waals surface area contributed by atoms with Crippen LogP contribution in [-0.2, 0) is 6.54 Å². The molecule has 0 fully saturated rings. The van der Waals surface area contributed by atoms with Crippen LogP contribution < -0.4 is 0 Å². The second-order valence-corrected chi connectivity index (χ2v) is 8.93. The van der Waals surface area contributed by atoms with Crippen LogP contribution in [-0.4, -0.2) is 37.0 Å². The molecule has 29 heavy (non-hydrogen) atoms. The van der Waals surface area contributed by atoms with Crippen LogP contribution in [0.15, 0.2) is 48.0 Å². The van der Waals surface area contributed by atoms with Gasteiger partial charge >= 0.3 is 0 Å². The van der Waals surface area contributed by atoms with Gasteiger partial charge in [0.25, 0.3) is 5.91 Å². The Balaban J connectivity index is 1.42. The van der Waals surface area contributed by atoms with Gasteiger partial charge in [-0.2, -0.15) is 5.10 Å². The third-order valence-electron chi connectivity index (χ3n) is 5.13. The minimum absolute atomic E-state index is 0.00300. The molecule has 0 bridgehead atoms. The monoisotopic (exact) mass is 421 g/mol. The maximum atomic E-state index is 13.1. The molecular weight excluding hydrogens is 402 g/mol. The largest absolute Gasteiger partial charge is 0.337 e. The number of amides is 1. The van der Waals surface area contributed by atoms with Crippen molar-refractivity contribution in [2.24, 2.45) is 0 Å². The first-order valence-corrected chi connectivity index (χ1v) is 10.9. The van der Waals surface area contributed by atoms with E-state index in [0.29, 0.717) is 11.4 Å². The van der Waals surface area contributed by atoms with E-state index in [2.05, 4.69) is 10.1 Å². The second-order valence-electron chi connectivity index (χ2n) is 7.03. The number of aromatic nitrogens is 4. The third-order valence-corrected chi connectivity index (χ3v) is 6.90. The molecule has 0 atom stereocenters. The summed E-state index contributed by atoms with van der Waals surface area (Å²) in [4.78, 5) is 22.0. The zero-order chi connectivity index (χ0) is 20.1. The van der Waals surface area contributed by atoms with E-state index in [1.54, 1.807) is 16.2 Å². The Morgan fingerprint density at radius 1 is 1.21 bits per heavy atom. The smallest absolute Gasteiger partial charge is 0.264 e. The van der Waals surface area contributed by atoms with Gasteiger partial charge in [-0.05, 0) is 32.0 Å². The summed E-state index contributed by atoms with van der Waals surface area (Å²) in [6, 6.07) is 12.0. The van der Waals surface area contributed by atoms with Crippen LogP contribution in [0.25, 0.3) is 21.0 Å². The Kier molecular flexibility index (Phi) is 4.25. The number of aryl methyl sites for hydroxylation is 1. The zero-order valence-corrected chi connectivity index (χ0v) is 17.9. The molecule has 4 aromatic heterocycles. The molecule has 146 valence electrons. The Hall–Kier alpha value is -2.97. The van der Waals surface area contributed by atoms with Crippen LogP contribution in [0.4, 0.5) is 0 Å². The highest BCUT2D eigenvalue weighted by atomic mass is 32.1. The summed E-state index contributed by atoms with van der Waals surface area (Å²) in [7, 11) is 1.84. The Bertz CT molecular complexity index is 1340. The molecule has 5 rings (SSSR count). The van der Waals surface area contributed by atoms with Crippen molar-refractivity contribution < 1.29 is 4.79 Å². The van der Waals surface area contributed by atoms with Crippen molar-refractivity contribution in [1.82, 2.24) is 24.1 Å².